The van der Waals surface area contributed by atoms with Crippen molar-refractivity contribution in [2.75, 3.05) is 10.6 Å². The van der Waals surface area contributed by atoms with Gasteiger partial charge in [0.15, 0.2) is 0 Å². The second-order valence-corrected chi connectivity index (χ2v) is 6.62. The predicted molar refractivity (Wildman–Crippen MR) is 96.6 cm³/mol. The highest BCUT2D eigenvalue weighted by molar-refractivity contribution is 9.10. The summed E-state index contributed by atoms with van der Waals surface area (Å²) in [6, 6.07) is 13.6. The third-order valence-electron chi connectivity index (χ3n) is 2.96. The molecule has 0 heterocycles. The summed E-state index contributed by atoms with van der Waals surface area (Å²) in [6.45, 7) is 0. The summed E-state index contributed by atoms with van der Waals surface area (Å²) in [5, 5.41) is 5.01. The maximum Gasteiger partial charge on any atom is 0.269 e. The molecule has 0 radical (unpaired) electrons. The lowest BCUT2D eigenvalue weighted by Gasteiger charge is -2.22. The minimum Gasteiger partial charge on any atom is -0.323 e. The number of amides is 2. The Balaban J connectivity index is 2.06. The Kier molecular flexibility index (Phi) is 5.53. The molecule has 2 aromatic rings. The van der Waals surface area contributed by atoms with E-state index in [1.165, 1.54) is 0 Å². The average Bonchev–Trinajstić information content (AvgIpc) is 2.51. The molecule has 120 valence electrons. The monoisotopic (exact) mass is 440 g/mol. The van der Waals surface area contributed by atoms with Gasteiger partial charge >= 0.3 is 0 Å². The molecule has 6 N–H and O–H groups in total. The number of hydrogen-bond acceptors (Lipinski definition) is 4. The molecule has 8 heteroatoms. The van der Waals surface area contributed by atoms with Gasteiger partial charge in [-0.25, -0.2) is 0 Å². The molecule has 0 aromatic heterocycles. The van der Waals surface area contributed by atoms with E-state index in [0.717, 1.165) is 8.95 Å². The number of rotatable bonds is 4. The summed E-state index contributed by atoms with van der Waals surface area (Å²) >= 11 is 6.57. The van der Waals surface area contributed by atoms with Gasteiger partial charge in [0.1, 0.15) is 0 Å². The van der Waals surface area contributed by atoms with Gasteiger partial charge in [0.25, 0.3) is 11.8 Å². The minimum atomic E-state index is -2.21. The zero-order valence-corrected chi connectivity index (χ0v) is 15.0. The minimum absolute atomic E-state index is 0.481. The molecule has 0 aliphatic carbocycles. The summed E-state index contributed by atoms with van der Waals surface area (Å²) in [7, 11) is 0. The molecule has 0 saturated carbocycles. The number of carbonyl (C=O) groups excluding carboxylic acids is 2. The van der Waals surface area contributed by atoms with Crippen LogP contribution >= 0.6 is 31.9 Å². The molecule has 6 nitrogen and oxygen atoms in total. The van der Waals surface area contributed by atoms with Crippen LogP contribution in [0.15, 0.2) is 57.5 Å². The third-order valence-corrected chi connectivity index (χ3v) is 4.01. The first kappa shape index (κ1) is 17.6. The van der Waals surface area contributed by atoms with E-state index in [-0.39, 0.29) is 0 Å². The van der Waals surface area contributed by atoms with E-state index in [1.807, 2.05) is 0 Å². The van der Waals surface area contributed by atoms with Gasteiger partial charge in [-0.05, 0) is 48.5 Å². The van der Waals surface area contributed by atoms with Crippen LogP contribution in [0, 0.1) is 0 Å². The molecule has 0 saturated heterocycles. The van der Waals surface area contributed by atoms with Crippen LogP contribution in [0.4, 0.5) is 11.4 Å². The van der Waals surface area contributed by atoms with Crippen molar-refractivity contribution >= 4 is 55.0 Å². The van der Waals surface area contributed by atoms with E-state index in [1.54, 1.807) is 48.5 Å². The SMILES string of the molecule is NC(N)(C(=O)Nc1ccc(Br)cc1)C(=O)Nc1ccc(Br)cc1. The first-order valence-corrected chi connectivity index (χ1v) is 8.09. The molecular weight excluding hydrogens is 428 g/mol. The van der Waals surface area contributed by atoms with Crippen molar-refractivity contribution < 1.29 is 9.59 Å². The maximum absolute atomic E-state index is 12.2. The van der Waals surface area contributed by atoms with E-state index in [4.69, 9.17) is 11.5 Å². The van der Waals surface area contributed by atoms with Gasteiger partial charge < -0.3 is 10.6 Å². The Hall–Kier alpha value is -1.74. The number of nitrogens with one attached hydrogen (secondary N) is 2. The van der Waals surface area contributed by atoms with Crippen LogP contribution in [0.25, 0.3) is 0 Å². The lowest BCUT2D eigenvalue weighted by atomic mass is 10.1. The summed E-state index contributed by atoms with van der Waals surface area (Å²) in [5.41, 5.74) is 10.1. The van der Waals surface area contributed by atoms with Crippen molar-refractivity contribution in [2.24, 2.45) is 11.5 Å². The van der Waals surface area contributed by atoms with E-state index in [2.05, 4.69) is 42.5 Å². The first-order chi connectivity index (χ1) is 10.8. The second-order valence-electron chi connectivity index (χ2n) is 4.79. The summed E-state index contributed by atoms with van der Waals surface area (Å²) in [5.74, 6) is -1.62. The maximum atomic E-state index is 12.2. The molecule has 0 atom stereocenters. The van der Waals surface area contributed by atoms with Crippen LogP contribution in [0.3, 0.4) is 0 Å². The Morgan fingerprint density at radius 2 is 1.04 bits per heavy atom. The molecule has 0 bridgehead atoms. The zero-order valence-electron chi connectivity index (χ0n) is 11.8. The Morgan fingerprint density at radius 3 is 1.35 bits per heavy atom. The highest BCUT2D eigenvalue weighted by Gasteiger charge is 2.38. The summed E-state index contributed by atoms with van der Waals surface area (Å²) in [4.78, 5) is 24.3. The molecule has 23 heavy (non-hydrogen) atoms. The molecule has 2 rings (SSSR count). The van der Waals surface area contributed by atoms with Gasteiger partial charge in [-0.2, -0.15) is 0 Å². The normalized spacial score (nSPS) is 11.0. The van der Waals surface area contributed by atoms with Crippen molar-refractivity contribution in [1.29, 1.82) is 0 Å². The van der Waals surface area contributed by atoms with E-state index in [0.29, 0.717) is 11.4 Å². The Morgan fingerprint density at radius 1 is 0.739 bits per heavy atom. The molecular formula is C15H14Br2N4O2. The number of halogens is 2. The van der Waals surface area contributed by atoms with Gasteiger partial charge in [0.05, 0.1) is 0 Å². The second kappa shape index (κ2) is 7.22. The Labute approximate surface area is 149 Å². The van der Waals surface area contributed by atoms with Crippen LogP contribution in [-0.4, -0.2) is 17.5 Å². The fourth-order valence-electron chi connectivity index (χ4n) is 1.64. The van der Waals surface area contributed by atoms with E-state index in [9.17, 15) is 9.59 Å². The van der Waals surface area contributed by atoms with Crippen LogP contribution < -0.4 is 22.1 Å². The average molecular weight is 442 g/mol. The molecule has 0 aliphatic heterocycles. The van der Waals surface area contributed by atoms with Crippen LogP contribution in [0.5, 0.6) is 0 Å². The highest BCUT2D eigenvalue weighted by atomic mass is 79.9. The number of anilines is 2. The van der Waals surface area contributed by atoms with Gasteiger partial charge in [-0.1, -0.05) is 31.9 Å². The summed E-state index contributed by atoms with van der Waals surface area (Å²) in [6.07, 6.45) is 0. The zero-order chi connectivity index (χ0) is 17.0. The van der Waals surface area contributed by atoms with Crippen molar-refractivity contribution in [2.45, 2.75) is 5.66 Å². The number of benzene rings is 2. The molecule has 2 amide bonds. The standard InChI is InChI=1S/C15H14Br2N4O2/c16-9-1-5-11(6-2-9)20-13(22)15(18,19)14(23)21-12-7-3-10(17)4-8-12/h1-8H,18-19H2,(H,20,22)(H,21,23). The quantitative estimate of drug-likeness (QED) is 0.431. The first-order valence-electron chi connectivity index (χ1n) is 6.51. The van der Waals surface area contributed by atoms with Crippen LogP contribution in [0.1, 0.15) is 0 Å². The van der Waals surface area contributed by atoms with Crippen molar-refractivity contribution in [1.82, 2.24) is 0 Å². The predicted octanol–water partition coefficient (Wildman–Crippen LogP) is 2.40. The van der Waals surface area contributed by atoms with Crippen molar-refractivity contribution in [3.05, 3.63) is 57.5 Å². The topological polar surface area (TPSA) is 110 Å². The fraction of sp³-hybridized carbons (Fsp3) is 0.0667. The molecule has 0 unspecified atom stereocenters. The van der Waals surface area contributed by atoms with Gasteiger partial charge in [0, 0.05) is 20.3 Å². The molecule has 2 aromatic carbocycles. The third kappa shape index (κ3) is 4.61. The number of hydrogen-bond donors (Lipinski definition) is 4. The van der Waals surface area contributed by atoms with Crippen LogP contribution in [-0.2, 0) is 9.59 Å². The number of nitrogens with two attached hydrogens (primary N) is 2. The van der Waals surface area contributed by atoms with E-state index < -0.39 is 17.5 Å². The van der Waals surface area contributed by atoms with Gasteiger partial charge in [-0.3, -0.25) is 21.1 Å². The van der Waals surface area contributed by atoms with Gasteiger partial charge in [0.2, 0.25) is 5.66 Å². The van der Waals surface area contributed by atoms with Gasteiger partial charge in [-0.15, -0.1) is 0 Å². The molecule has 0 spiro atoms. The van der Waals surface area contributed by atoms with Crippen molar-refractivity contribution in [3.63, 3.8) is 0 Å². The smallest absolute Gasteiger partial charge is 0.269 e. The largest absolute Gasteiger partial charge is 0.323 e. The summed E-state index contributed by atoms with van der Waals surface area (Å²) < 4.78 is 1.71. The Bertz CT molecular complexity index is 654. The molecule has 0 fully saturated rings. The highest BCUT2D eigenvalue weighted by Crippen LogP contribution is 2.16. The van der Waals surface area contributed by atoms with Crippen LogP contribution in [0.2, 0.25) is 0 Å². The fourth-order valence-corrected chi connectivity index (χ4v) is 2.17. The lowest BCUT2D eigenvalue weighted by Crippen LogP contribution is -2.66. The number of carbonyl (C=O) groups is 2. The van der Waals surface area contributed by atoms with Crippen molar-refractivity contribution in [3.8, 4) is 0 Å². The van der Waals surface area contributed by atoms with E-state index >= 15 is 0 Å². The lowest BCUT2D eigenvalue weighted by molar-refractivity contribution is -0.131. The molecule has 0 aliphatic rings.